The molecule has 35 heavy (non-hydrogen) atoms. The highest BCUT2D eigenvalue weighted by Crippen LogP contribution is 2.43. The van der Waals surface area contributed by atoms with Gasteiger partial charge in [-0.05, 0) is 55.9 Å². The molecule has 2 aromatic carbocycles. The Bertz CT molecular complexity index is 850. The zero-order chi connectivity index (χ0) is 25.2. The van der Waals surface area contributed by atoms with Crippen molar-refractivity contribution in [2.24, 2.45) is 11.7 Å². The summed E-state index contributed by atoms with van der Waals surface area (Å²) in [5.74, 6) is -0.194. The first kappa shape index (κ1) is 27.2. The van der Waals surface area contributed by atoms with Gasteiger partial charge in [0.1, 0.15) is 5.41 Å². The van der Waals surface area contributed by atoms with E-state index >= 15 is 0 Å². The molecule has 0 radical (unpaired) electrons. The van der Waals surface area contributed by atoms with Gasteiger partial charge in [-0.3, -0.25) is 4.79 Å². The summed E-state index contributed by atoms with van der Waals surface area (Å²) in [4.78, 5) is 15.6. The number of halogens is 3. The first-order valence-corrected chi connectivity index (χ1v) is 12.7. The number of hydrogen-bond donors (Lipinski definition) is 2. The van der Waals surface area contributed by atoms with Crippen molar-refractivity contribution in [3.05, 3.63) is 71.8 Å². The number of benzene rings is 2. The maximum atomic E-state index is 13.1. The summed E-state index contributed by atoms with van der Waals surface area (Å²) in [6, 6.07) is 19.8. The van der Waals surface area contributed by atoms with E-state index in [1.54, 1.807) is 0 Å². The fourth-order valence-corrected chi connectivity index (χ4v) is 5.44. The largest absolute Gasteiger partial charge is 0.401 e. The molecule has 1 aliphatic rings. The summed E-state index contributed by atoms with van der Waals surface area (Å²) in [7, 11) is 0. The monoisotopic (exact) mass is 489 g/mol. The highest BCUT2D eigenvalue weighted by Gasteiger charge is 2.49. The van der Waals surface area contributed by atoms with E-state index in [4.69, 9.17) is 5.73 Å². The zero-order valence-electron chi connectivity index (χ0n) is 20.4. The molecule has 2 aromatic rings. The van der Waals surface area contributed by atoms with Crippen LogP contribution in [-0.2, 0) is 10.2 Å². The first-order valence-electron chi connectivity index (χ1n) is 12.7. The normalized spacial score (nSPS) is 17.1. The molecule has 1 atom stereocenters. The number of carbonyl (C=O) groups is 1. The molecule has 0 bridgehead atoms. The van der Waals surface area contributed by atoms with Crippen LogP contribution >= 0.6 is 0 Å². The number of rotatable bonds is 14. The minimum Gasteiger partial charge on any atom is -0.369 e. The molecule has 1 aliphatic heterocycles. The smallest absolute Gasteiger partial charge is 0.369 e. The van der Waals surface area contributed by atoms with Crippen molar-refractivity contribution in [2.75, 3.05) is 32.7 Å². The highest BCUT2D eigenvalue weighted by atomic mass is 19.4. The van der Waals surface area contributed by atoms with Gasteiger partial charge in [0, 0.05) is 6.54 Å². The third-order valence-corrected chi connectivity index (χ3v) is 7.14. The molecule has 0 spiro atoms. The van der Waals surface area contributed by atoms with Crippen LogP contribution in [0.4, 0.5) is 13.2 Å². The molecule has 1 saturated heterocycles. The fourth-order valence-electron chi connectivity index (χ4n) is 5.44. The number of nitrogens with two attached hydrogens (primary N) is 1. The SMILES string of the molecule is NC(=O)C(c1ccccc1)(c1ccccc1)[C@H]1CCN(CCCCCCCCNCC(F)(F)F)C1. The maximum Gasteiger partial charge on any atom is 0.401 e. The van der Waals surface area contributed by atoms with Crippen molar-refractivity contribution in [3.8, 4) is 0 Å². The Kier molecular flexibility index (Phi) is 10.2. The number of amides is 1. The Morgan fingerprint density at radius 1 is 0.886 bits per heavy atom. The van der Waals surface area contributed by atoms with Gasteiger partial charge in [-0.25, -0.2) is 0 Å². The van der Waals surface area contributed by atoms with Gasteiger partial charge in [-0.2, -0.15) is 13.2 Å². The van der Waals surface area contributed by atoms with Crippen LogP contribution in [-0.4, -0.2) is 49.7 Å². The first-order chi connectivity index (χ1) is 16.8. The molecule has 3 N–H and O–H groups in total. The molecule has 4 nitrogen and oxygen atoms in total. The van der Waals surface area contributed by atoms with Gasteiger partial charge in [0.05, 0.1) is 6.54 Å². The Hall–Kier alpha value is -2.38. The molecule has 192 valence electrons. The molecular weight excluding hydrogens is 451 g/mol. The molecule has 1 heterocycles. The van der Waals surface area contributed by atoms with E-state index in [2.05, 4.69) is 10.2 Å². The third kappa shape index (κ3) is 7.55. The van der Waals surface area contributed by atoms with Crippen LogP contribution in [0.25, 0.3) is 0 Å². The van der Waals surface area contributed by atoms with Crippen molar-refractivity contribution < 1.29 is 18.0 Å². The lowest BCUT2D eigenvalue weighted by molar-refractivity contribution is -0.125. The molecule has 0 saturated carbocycles. The predicted molar refractivity (Wildman–Crippen MR) is 134 cm³/mol. The quantitative estimate of drug-likeness (QED) is 0.356. The van der Waals surface area contributed by atoms with E-state index < -0.39 is 18.1 Å². The van der Waals surface area contributed by atoms with Crippen molar-refractivity contribution >= 4 is 5.91 Å². The number of primary amides is 1. The number of carbonyl (C=O) groups excluding carboxylic acids is 1. The Balaban J connectivity index is 1.48. The van der Waals surface area contributed by atoms with Gasteiger partial charge in [-0.15, -0.1) is 0 Å². The van der Waals surface area contributed by atoms with Crippen LogP contribution in [0.1, 0.15) is 56.1 Å². The summed E-state index contributed by atoms with van der Waals surface area (Å²) in [6.45, 7) is 2.28. The lowest BCUT2D eigenvalue weighted by atomic mass is 9.64. The van der Waals surface area contributed by atoms with Gasteiger partial charge >= 0.3 is 6.18 Å². The Morgan fingerprint density at radius 3 is 1.97 bits per heavy atom. The van der Waals surface area contributed by atoms with Crippen molar-refractivity contribution in [1.29, 1.82) is 0 Å². The maximum absolute atomic E-state index is 13.1. The molecule has 1 fully saturated rings. The van der Waals surface area contributed by atoms with Gasteiger partial charge < -0.3 is 16.0 Å². The van der Waals surface area contributed by atoms with Crippen LogP contribution < -0.4 is 11.1 Å². The molecule has 0 aromatic heterocycles. The summed E-state index contributed by atoms with van der Waals surface area (Å²) < 4.78 is 36.3. The average Bonchev–Trinajstić information content (AvgIpc) is 3.30. The van der Waals surface area contributed by atoms with Gasteiger partial charge in [0.25, 0.3) is 0 Å². The van der Waals surface area contributed by atoms with Crippen LogP contribution in [0.2, 0.25) is 0 Å². The Morgan fingerprint density at radius 2 is 1.43 bits per heavy atom. The summed E-state index contributed by atoms with van der Waals surface area (Å²) >= 11 is 0. The van der Waals surface area contributed by atoms with Crippen molar-refractivity contribution in [2.45, 2.75) is 56.5 Å². The molecule has 1 amide bonds. The fraction of sp³-hybridized carbons (Fsp3) is 0.536. The lowest BCUT2D eigenvalue weighted by Crippen LogP contribution is -2.49. The van der Waals surface area contributed by atoms with Crippen LogP contribution in [0.5, 0.6) is 0 Å². The lowest BCUT2D eigenvalue weighted by Gasteiger charge is -2.37. The van der Waals surface area contributed by atoms with Crippen molar-refractivity contribution in [1.82, 2.24) is 10.2 Å². The minimum absolute atomic E-state index is 0.106. The van der Waals surface area contributed by atoms with Gasteiger partial charge in [0.15, 0.2) is 0 Å². The number of nitrogens with zero attached hydrogens (tertiary/aromatic N) is 1. The Labute approximate surface area is 207 Å². The van der Waals surface area contributed by atoms with E-state index in [1.807, 2.05) is 60.7 Å². The summed E-state index contributed by atoms with van der Waals surface area (Å²) in [5.41, 5.74) is 7.22. The van der Waals surface area contributed by atoms with Gasteiger partial charge in [-0.1, -0.05) is 86.3 Å². The van der Waals surface area contributed by atoms with Crippen LogP contribution in [0, 0.1) is 5.92 Å². The summed E-state index contributed by atoms with van der Waals surface area (Å²) in [5, 5.41) is 2.45. The molecular formula is C28H38F3N3O. The zero-order valence-corrected chi connectivity index (χ0v) is 20.4. The predicted octanol–water partition coefficient (Wildman–Crippen LogP) is 5.27. The minimum atomic E-state index is -4.13. The third-order valence-electron chi connectivity index (χ3n) is 7.14. The number of likely N-dealkylation sites (tertiary alicyclic amines) is 1. The second-order valence-electron chi connectivity index (χ2n) is 9.60. The second kappa shape index (κ2) is 13.1. The number of unbranched alkanes of at least 4 members (excludes halogenated alkanes) is 5. The van der Waals surface area contributed by atoms with Crippen LogP contribution in [0.3, 0.4) is 0 Å². The van der Waals surface area contributed by atoms with E-state index in [-0.39, 0.29) is 11.8 Å². The van der Waals surface area contributed by atoms with Crippen molar-refractivity contribution in [3.63, 3.8) is 0 Å². The average molecular weight is 490 g/mol. The molecule has 0 aliphatic carbocycles. The molecule has 3 rings (SSSR count). The number of alkyl halides is 3. The van der Waals surface area contributed by atoms with E-state index in [1.165, 1.54) is 0 Å². The van der Waals surface area contributed by atoms with E-state index in [9.17, 15) is 18.0 Å². The molecule has 7 heteroatoms. The summed E-state index contributed by atoms with van der Waals surface area (Å²) in [6.07, 6.45) is 2.84. The highest BCUT2D eigenvalue weighted by molar-refractivity contribution is 5.91. The topological polar surface area (TPSA) is 58.4 Å². The second-order valence-corrected chi connectivity index (χ2v) is 9.60. The standard InChI is InChI=1S/C28H38F3N3O/c29-27(30,31)22-33-18-11-3-1-2-4-12-19-34-20-17-25(21-34)28(26(32)35,23-13-7-5-8-14-23)24-15-9-6-10-16-24/h5-10,13-16,25,33H,1-4,11-12,17-22H2,(H2,32,35)/t25-/m0/s1. The van der Waals surface area contributed by atoms with Gasteiger partial charge in [0.2, 0.25) is 5.91 Å². The van der Waals surface area contributed by atoms with E-state index in [0.29, 0.717) is 6.54 Å². The number of hydrogen-bond acceptors (Lipinski definition) is 3. The van der Waals surface area contributed by atoms with E-state index in [0.717, 1.165) is 75.7 Å². The molecule has 0 unspecified atom stereocenters. The number of nitrogens with one attached hydrogen (secondary N) is 1. The van der Waals surface area contributed by atoms with Crippen LogP contribution in [0.15, 0.2) is 60.7 Å².